The average molecular weight is 572 g/mol. The van der Waals surface area contributed by atoms with Gasteiger partial charge in [-0.2, -0.15) is 0 Å². The average Bonchev–Trinajstić information content (AvgIpc) is 2.66. The monoisotopic (exact) mass is 571 g/mol. The summed E-state index contributed by atoms with van der Waals surface area (Å²) in [5.74, 6) is 0. The van der Waals surface area contributed by atoms with Crippen molar-refractivity contribution < 1.29 is 18.2 Å². The second-order valence-electron chi connectivity index (χ2n) is 9.68. The quantitative estimate of drug-likeness (QED) is 0.222. The molecule has 0 saturated carbocycles. The van der Waals surface area contributed by atoms with E-state index in [-0.39, 0.29) is 0 Å². The predicted molar refractivity (Wildman–Crippen MR) is 147 cm³/mol. The molecule has 0 heterocycles. The van der Waals surface area contributed by atoms with Crippen molar-refractivity contribution in [1.82, 2.24) is 0 Å². The van der Waals surface area contributed by atoms with E-state index in [1.54, 1.807) is 0 Å². The fourth-order valence-corrected chi connectivity index (χ4v) is 11.5. The first-order valence-electron chi connectivity index (χ1n) is 11.3. The Hall–Kier alpha value is 0.0523. The standard InChI is InChI=1S/C26H40NP2.ClH.Pd/c1-17(2)28(18(3)4)25-15-21(9)11-13-23(25)27-24-14-12-22(10)16-26(24)29(19(5)6)20(7)8;;/h11-20H,1-10H3;1H;/q-1;;+2/p+1. The van der Waals surface area contributed by atoms with Gasteiger partial charge in [-0.3, -0.25) is 0 Å². The summed E-state index contributed by atoms with van der Waals surface area (Å²) >= 11 is 2.22. The Morgan fingerprint density at radius 1 is 0.613 bits per heavy atom. The second kappa shape index (κ2) is 13.7. The molecule has 0 unspecified atom stereocenters. The van der Waals surface area contributed by atoms with E-state index in [1.807, 2.05) is 0 Å². The Balaban J connectivity index is 0.00000233. The van der Waals surface area contributed by atoms with Crippen LogP contribution >= 0.6 is 25.4 Å². The number of aryl methyl sites for hydroxylation is 2. The molecule has 2 aromatic carbocycles. The molecule has 0 aliphatic rings. The number of halogens is 1. The Bertz CT molecular complexity index is 738. The summed E-state index contributed by atoms with van der Waals surface area (Å²) in [6, 6.07) is 13.8. The Labute approximate surface area is 209 Å². The zero-order chi connectivity index (χ0) is 23.9. The van der Waals surface area contributed by atoms with Crippen molar-refractivity contribution in [3.8, 4) is 0 Å². The summed E-state index contributed by atoms with van der Waals surface area (Å²) in [5, 5.41) is 8.36. The van der Waals surface area contributed by atoms with Crippen molar-refractivity contribution in [1.29, 1.82) is 0 Å². The molecule has 0 amide bonds. The van der Waals surface area contributed by atoms with Gasteiger partial charge in [-0.25, -0.2) is 0 Å². The molecule has 1 nitrogen and oxygen atoms in total. The van der Waals surface area contributed by atoms with E-state index in [4.69, 9.17) is 5.32 Å². The van der Waals surface area contributed by atoms with Gasteiger partial charge in [0.2, 0.25) is 0 Å². The van der Waals surface area contributed by atoms with Gasteiger partial charge in [0.15, 0.2) is 0 Å². The summed E-state index contributed by atoms with van der Waals surface area (Å²) < 4.78 is 0. The topological polar surface area (TPSA) is 14.1 Å². The van der Waals surface area contributed by atoms with Crippen molar-refractivity contribution in [2.45, 2.75) is 91.9 Å². The van der Waals surface area contributed by atoms with E-state index in [0.717, 1.165) is 0 Å². The number of benzene rings is 2. The number of rotatable bonds is 8. The molecule has 0 saturated heterocycles. The molecule has 5 heteroatoms. The zero-order valence-corrected chi connectivity index (χ0v) is 25.2. The van der Waals surface area contributed by atoms with Crippen molar-refractivity contribution in [2.24, 2.45) is 0 Å². The molecule has 0 N–H and O–H groups in total. The van der Waals surface area contributed by atoms with E-state index < -0.39 is 15.8 Å². The summed E-state index contributed by atoms with van der Waals surface area (Å²) in [5.41, 5.74) is 7.87. The fraction of sp³-hybridized carbons (Fsp3) is 0.538. The predicted octanol–water partition coefficient (Wildman–Crippen LogP) is 8.64. The number of hydrogen-bond donors (Lipinski definition) is 0. The first kappa shape index (κ1) is 29.1. The summed E-state index contributed by atoms with van der Waals surface area (Å²) in [6.45, 7) is 23.5. The zero-order valence-electron chi connectivity index (χ0n) is 20.9. The van der Waals surface area contributed by atoms with Crippen LogP contribution in [0, 0.1) is 13.8 Å². The Morgan fingerprint density at radius 3 is 1.16 bits per heavy atom. The number of hydrogen-bond acceptors (Lipinski definition) is 0. The molecule has 0 spiro atoms. The van der Waals surface area contributed by atoms with Gasteiger partial charge >= 0.3 is 27.7 Å². The van der Waals surface area contributed by atoms with Crippen molar-refractivity contribution >= 4 is 47.4 Å². The van der Waals surface area contributed by atoms with Crippen LogP contribution < -0.4 is 10.6 Å². The van der Waals surface area contributed by atoms with Gasteiger partial charge in [-0.1, -0.05) is 35.6 Å². The van der Waals surface area contributed by atoms with E-state index in [2.05, 4.69) is 133 Å². The third-order valence-electron chi connectivity index (χ3n) is 5.66. The summed E-state index contributed by atoms with van der Waals surface area (Å²) in [4.78, 5) is 0. The normalized spacial score (nSPS) is 11.7. The van der Waals surface area contributed by atoms with Gasteiger partial charge in [-0.15, -0.1) is 0 Å². The molecule has 176 valence electrons. The van der Waals surface area contributed by atoms with Gasteiger partial charge < -0.3 is 5.32 Å². The van der Waals surface area contributed by atoms with Crippen LogP contribution in [0.1, 0.15) is 66.5 Å². The Morgan fingerprint density at radius 2 is 0.903 bits per heavy atom. The first-order valence-corrected chi connectivity index (χ1v) is 16.6. The third kappa shape index (κ3) is 8.09. The SMILES string of the molecule is Cc1ccc([N-]c2ccc(C)cc2[PH+](C(C)C)C(C)C)c([PH+](C(C)C)C(C)C)c1.[Cl][Pd+]. The van der Waals surface area contributed by atoms with Crippen LogP contribution in [0.5, 0.6) is 0 Å². The van der Waals surface area contributed by atoms with E-state index >= 15 is 0 Å². The van der Waals surface area contributed by atoms with Crippen molar-refractivity contribution in [2.75, 3.05) is 0 Å². The summed E-state index contributed by atoms with van der Waals surface area (Å²) in [6.07, 6.45) is 0. The van der Waals surface area contributed by atoms with Crippen molar-refractivity contribution in [3.05, 3.63) is 52.8 Å². The van der Waals surface area contributed by atoms with Crippen LogP contribution in [0.4, 0.5) is 11.4 Å². The minimum absolute atomic E-state index is 0.685. The molecule has 2 aromatic rings. The fourth-order valence-electron chi connectivity index (χ4n) is 4.66. The minimum atomic E-state index is -0.685. The molecule has 0 aliphatic carbocycles. The van der Waals surface area contributed by atoms with Crippen LogP contribution in [0.15, 0.2) is 36.4 Å². The second-order valence-corrected chi connectivity index (χ2v) is 17.2. The molecule has 2 rings (SSSR count). The maximum absolute atomic E-state index is 5.35. The van der Waals surface area contributed by atoms with Crippen LogP contribution in [-0.4, -0.2) is 22.6 Å². The van der Waals surface area contributed by atoms with Crippen LogP contribution in [0.3, 0.4) is 0 Å². The molecule has 0 aliphatic heterocycles. The van der Waals surface area contributed by atoms with Gasteiger partial charge in [-0.05, 0) is 92.5 Å². The molecule has 0 radical (unpaired) electrons. The van der Waals surface area contributed by atoms with Crippen LogP contribution in [0.2, 0.25) is 0 Å². The molecule has 0 bridgehead atoms. The first-order chi connectivity index (χ1) is 14.5. The molecule has 0 atom stereocenters. The van der Waals surface area contributed by atoms with E-state index in [1.165, 1.54) is 33.1 Å². The van der Waals surface area contributed by atoms with Crippen LogP contribution in [0.25, 0.3) is 5.32 Å². The molecular weight excluding hydrogens is 530 g/mol. The van der Waals surface area contributed by atoms with Gasteiger partial charge in [0.25, 0.3) is 0 Å². The van der Waals surface area contributed by atoms with Gasteiger partial charge in [0, 0.05) is 15.8 Å². The molecule has 31 heavy (non-hydrogen) atoms. The van der Waals surface area contributed by atoms with Crippen LogP contribution in [-0.2, 0) is 18.2 Å². The molecular formula is C26H42ClNP2Pd+2. The molecule has 0 fully saturated rings. The van der Waals surface area contributed by atoms with Crippen molar-refractivity contribution in [3.63, 3.8) is 0 Å². The third-order valence-corrected chi connectivity index (χ3v) is 12.7. The van der Waals surface area contributed by atoms with Gasteiger partial charge in [0.1, 0.15) is 0 Å². The summed E-state index contributed by atoms with van der Waals surface area (Å²) in [7, 11) is 3.12. The molecule has 0 aromatic heterocycles. The van der Waals surface area contributed by atoms with Gasteiger partial charge in [0.05, 0.1) is 33.2 Å². The van der Waals surface area contributed by atoms with E-state index in [0.29, 0.717) is 22.6 Å². The maximum atomic E-state index is 5.35. The number of nitrogens with zero attached hydrogens (tertiary/aromatic N) is 1. The Kier molecular flexibility index (Phi) is 12.8. The van der Waals surface area contributed by atoms with E-state index in [9.17, 15) is 0 Å².